The van der Waals surface area contributed by atoms with E-state index in [1.807, 2.05) is 0 Å². The molecule has 0 N–H and O–H groups in total. The van der Waals surface area contributed by atoms with Crippen molar-refractivity contribution in [3.05, 3.63) is 59.4 Å². The molecule has 0 amide bonds. The van der Waals surface area contributed by atoms with Crippen LogP contribution in [-0.2, 0) is 20.0 Å². The molecule has 0 saturated carbocycles. The Morgan fingerprint density at radius 2 is 1.28 bits per heavy atom. The van der Waals surface area contributed by atoms with E-state index in [4.69, 9.17) is 5.26 Å². The van der Waals surface area contributed by atoms with Gasteiger partial charge in [0.15, 0.2) is 17.5 Å². The fourth-order valence-electron chi connectivity index (χ4n) is 2.92. The number of benzene rings is 2. The molecule has 1 aliphatic rings. The highest BCUT2D eigenvalue weighted by atomic mass is 32.2. The molecule has 0 bridgehead atoms. The molecule has 7 nitrogen and oxygen atoms in total. The van der Waals surface area contributed by atoms with Crippen molar-refractivity contribution in [2.45, 2.75) is 9.79 Å². The molecule has 1 heterocycles. The van der Waals surface area contributed by atoms with Gasteiger partial charge in [-0.3, -0.25) is 0 Å². The van der Waals surface area contributed by atoms with Crippen LogP contribution in [-0.4, -0.2) is 51.6 Å². The molecule has 0 aromatic heterocycles. The molecule has 1 saturated heterocycles. The van der Waals surface area contributed by atoms with Crippen LogP contribution in [0.4, 0.5) is 13.2 Å². The summed E-state index contributed by atoms with van der Waals surface area (Å²) >= 11 is 0. The molecule has 154 valence electrons. The smallest absolute Gasteiger partial charge is 0.207 e. The molecule has 3 rings (SSSR count). The first-order valence-corrected chi connectivity index (χ1v) is 11.1. The van der Waals surface area contributed by atoms with Gasteiger partial charge in [0.05, 0.1) is 10.5 Å². The third-order valence-electron chi connectivity index (χ3n) is 4.44. The number of nitriles is 1. The van der Waals surface area contributed by atoms with E-state index in [1.165, 1.54) is 24.3 Å². The molecule has 0 aliphatic carbocycles. The van der Waals surface area contributed by atoms with Gasteiger partial charge >= 0.3 is 0 Å². The van der Waals surface area contributed by atoms with Crippen molar-refractivity contribution in [3.8, 4) is 6.07 Å². The molecule has 1 aliphatic heterocycles. The van der Waals surface area contributed by atoms with Gasteiger partial charge in [0.2, 0.25) is 20.0 Å². The minimum Gasteiger partial charge on any atom is -0.207 e. The number of hydrogen-bond donors (Lipinski definition) is 0. The second kappa shape index (κ2) is 7.75. The van der Waals surface area contributed by atoms with Gasteiger partial charge in [-0.15, -0.1) is 0 Å². The Hall–Kier alpha value is -2.46. The van der Waals surface area contributed by atoms with Gasteiger partial charge in [-0.2, -0.15) is 13.9 Å². The minimum absolute atomic E-state index is 0.0496. The molecular weight excluding hydrogens is 431 g/mol. The lowest BCUT2D eigenvalue weighted by Crippen LogP contribution is -2.50. The average Bonchev–Trinajstić information content (AvgIpc) is 2.72. The third-order valence-corrected chi connectivity index (χ3v) is 8.31. The van der Waals surface area contributed by atoms with Crippen molar-refractivity contribution >= 4 is 20.0 Å². The van der Waals surface area contributed by atoms with Crippen molar-refractivity contribution in [1.29, 1.82) is 5.26 Å². The van der Waals surface area contributed by atoms with Gasteiger partial charge in [0.25, 0.3) is 0 Å². The number of nitrogens with zero attached hydrogens (tertiary/aromatic N) is 3. The first kappa shape index (κ1) is 21.3. The fraction of sp³-hybridized carbons (Fsp3) is 0.235. The summed E-state index contributed by atoms with van der Waals surface area (Å²) in [5.41, 5.74) is -0.0496. The van der Waals surface area contributed by atoms with E-state index < -0.39 is 42.4 Å². The Kier molecular flexibility index (Phi) is 5.68. The highest BCUT2D eigenvalue weighted by molar-refractivity contribution is 7.89. The molecule has 2 aromatic carbocycles. The number of rotatable bonds is 4. The topological polar surface area (TPSA) is 98.5 Å². The standard InChI is InChI=1S/C17H14F3N3O4S2/c18-13-5-6-15(17(20)16(13)19)29(26,27)23-9-7-22(8-10-23)28(24,25)14-4-2-1-3-12(14)11-21/h1-6H,7-10H2. The zero-order chi connectivity index (χ0) is 21.4. The first-order valence-electron chi connectivity index (χ1n) is 8.23. The number of sulfonamides is 2. The minimum atomic E-state index is -4.50. The van der Waals surface area contributed by atoms with Crippen LogP contribution in [0.3, 0.4) is 0 Å². The maximum absolute atomic E-state index is 13.9. The average molecular weight is 445 g/mol. The van der Waals surface area contributed by atoms with Crippen molar-refractivity contribution in [2.75, 3.05) is 26.2 Å². The number of piperazine rings is 1. The van der Waals surface area contributed by atoms with E-state index in [9.17, 15) is 30.0 Å². The van der Waals surface area contributed by atoms with E-state index in [0.717, 1.165) is 8.61 Å². The monoisotopic (exact) mass is 445 g/mol. The second-order valence-electron chi connectivity index (χ2n) is 6.09. The Morgan fingerprint density at radius 3 is 1.83 bits per heavy atom. The maximum atomic E-state index is 13.9. The third kappa shape index (κ3) is 3.74. The largest absolute Gasteiger partial charge is 0.246 e. The zero-order valence-corrected chi connectivity index (χ0v) is 16.4. The number of hydrogen-bond acceptors (Lipinski definition) is 5. The van der Waals surface area contributed by atoms with E-state index in [0.29, 0.717) is 12.1 Å². The van der Waals surface area contributed by atoms with Crippen molar-refractivity contribution in [3.63, 3.8) is 0 Å². The Balaban J connectivity index is 1.84. The zero-order valence-electron chi connectivity index (χ0n) is 14.7. The lowest BCUT2D eigenvalue weighted by atomic mass is 10.2. The van der Waals surface area contributed by atoms with Crippen LogP contribution in [0.2, 0.25) is 0 Å². The van der Waals surface area contributed by atoms with Gasteiger partial charge in [0, 0.05) is 26.2 Å². The van der Waals surface area contributed by atoms with E-state index in [2.05, 4.69) is 0 Å². The van der Waals surface area contributed by atoms with Gasteiger partial charge in [-0.05, 0) is 24.3 Å². The van der Waals surface area contributed by atoms with Crippen LogP contribution in [0.25, 0.3) is 0 Å². The van der Waals surface area contributed by atoms with Gasteiger partial charge in [-0.1, -0.05) is 12.1 Å². The number of halogens is 3. The summed E-state index contributed by atoms with van der Waals surface area (Å²) < 4.78 is 93.0. The lowest BCUT2D eigenvalue weighted by Gasteiger charge is -2.33. The Morgan fingerprint density at radius 1 is 0.759 bits per heavy atom. The summed E-state index contributed by atoms with van der Waals surface area (Å²) in [4.78, 5) is -1.23. The Bertz CT molecular complexity index is 1200. The quantitative estimate of drug-likeness (QED) is 0.667. The summed E-state index contributed by atoms with van der Waals surface area (Å²) in [7, 11) is -8.55. The van der Waals surface area contributed by atoms with Crippen molar-refractivity contribution < 1.29 is 30.0 Å². The summed E-state index contributed by atoms with van der Waals surface area (Å²) in [6.07, 6.45) is 0. The Labute approximate surface area is 165 Å². The summed E-state index contributed by atoms with van der Waals surface area (Å²) in [6.45, 7) is -1.16. The molecule has 0 atom stereocenters. The molecule has 0 spiro atoms. The van der Waals surface area contributed by atoms with Gasteiger partial charge < -0.3 is 0 Å². The highest BCUT2D eigenvalue weighted by Gasteiger charge is 2.36. The second-order valence-corrected chi connectivity index (χ2v) is 9.90. The predicted octanol–water partition coefficient (Wildman–Crippen LogP) is 1.67. The maximum Gasteiger partial charge on any atom is 0.246 e. The van der Waals surface area contributed by atoms with Crippen LogP contribution in [0.1, 0.15) is 5.56 Å². The van der Waals surface area contributed by atoms with Crippen LogP contribution in [0.15, 0.2) is 46.2 Å². The van der Waals surface area contributed by atoms with E-state index >= 15 is 0 Å². The summed E-state index contributed by atoms with van der Waals surface area (Å²) in [5.74, 6) is -5.25. The normalized spacial score (nSPS) is 16.5. The predicted molar refractivity (Wildman–Crippen MR) is 95.0 cm³/mol. The summed E-state index contributed by atoms with van der Waals surface area (Å²) in [5, 5.41) is 9.11. The van der Waals surface area contributed by atoms with Crippen molar-refractivity contribution in [2.24, 2.45) is 0 Å². The molecule has 29 heavy (non-hydrogen) atoms. The van der Waals surface area contributed by atoms with Crippen molar-refractivity contribution in [1.82, 2.24) is 8.61 Å². The van der Waals surface area contributed by atoms with Crippen LogP contribution in [0.5, 0.6) is 0 Å². The lowest BCUT2D eigenvalue weighted by molar-refractivity contribution is 0.271. The molecule has 2 aromatic rings. The summed E-state index contributed by atoms with van der Waals surface area (Å²) in [6, 6.07) is 8.51. The van der Waals surface area contributed by atoms with E-state index in [1.54, 1.807) is 6.07 Å². The molecule has 1 fully saturated rings. The van der Waals surface area contributed by atoms with Crippen LogP contribution >= 0.6 is 0 Å². The van der Waals surface area contributed by atoms with E-state index in [-0.39, 0.29) is 36.6 Å². The highest BCUT2D eigenvalue weighted by Crippen LogP contribution is 2.26. The van der Waals surface area contributed by atoms with Crippen LogP contribution in [0, 0.1) is 28.8 Å². The molecule has 0 radical (unpaired) electrons. The van der Waals surface area contributed by atoms with Gasteiger partial charge in [-0.25, -0.2) is 30.0 Å². The van der Waals surface area contributed by atoms with Gasteiger partial charge in [0.1, 0.15) is 11.0 Å². The molecule has 0 unspecified atom stereocenters. The molecular formula is C17H14F3N3O4S2. The fourth-order valence-corrected chi connectivity index (χ4v) is 5.96. The SMILES string of the molecule is N#Cc1ccccc1S(=O)(=O)N1CCN(S(=O)(=O)c2ccc(F)c(F)c2F)CC1. The molecule has 12 heteroatoms. The first-order chi connectivity index (χ1) is 13.6. The van der Waals surface area contributed by atoms with Crippen LogP contribution < -0.4 is 0 Å².